The molecule has 0 spiro atoms. The van der Waals surface area contributed by atoms with Gasteiger partial charge in [0.05, 0.1) is 16.7 Å². The molecule has 2 nitrogen and oxygen atoms in total. The Bertz CT molecular complexity index is 368. The molecule has 4 heteroatoms. The first kappa shape index (κ1) is 13.5. The molecule has 0 aromatic heterocycles. The third kappa shape index (κ3) is 3.22. The highest BCUT2D eigenvalue weighted by Gasteiger charge is 2.18. The molecule has 0 saturated carbocycles. The molecule has 0 radical (unpaired) electrons. The SMILES string of the molecule is C=CCC(c1ccc(Cl)c(Cl)c1)C(N)CO. The van der Waals surface area contributed by atoms with Crippen molar-refractivity contribution in [2.75, 3.05) is 6.61 Å². The fourth-order valence-electron chi connectivity index (χ4n) is 1.61. The number of benzene rings is 1. The third-order valence-electron chi connectivity index (χ3n) is 2.52. The number of hydrogen-bond acceptors (Lipinski definition) is 2. The summed E-state index contributed by atoms with van der Waals surface area (Å²) in [4.78, 5) is 0. The lowest BCUT2D eigenvalue weighted by Crippen LogP contribution is -2.31. The summed E-state index contributed by atoms with van der Waals surface area (Å²) in [5.41, 5.74) is 6.82. The minimum Gasteiger partial charge on any atom is -0.395 e. The average molecular weight is 260 g/mol. The number of allylic oxidation sites excluding steroid dienone is 1. The lowest BCUT2D eigenvalue weighted by molar-refractivity contribution is 0.248. The Labute approximate surface area is 106 Å². The first-order valence-electron chi connectivity index (χ1n) is 5.02. The Hall–Kier alpha value is -0.540. The first-order chi connectivity index (χ1) is 7.60. The van der Waals surface area contributed by atoms with Gasteiger partial charge >= 0.3 is 0 Å². The van der Waals surface area contributed by atoms with Gasteiger partial charge in [-0.1, -0.05) is 35.3 Å². The van der Waals surface area contributed by atoms with Crippen LogP contribution >= 0.6 is 23.2 Å². The zero-order valence-corrected chi connectivity index (χ0v) is 10.4. The van der Waals surface area contributed by atoms with E-state index in [-0.39, 0.29) is 18.6 Å². The number of nitrogens with two attached hydrogens (primary N) is 1. The van der Waals surface area contributed by atoms with Crippen LogP contribution in [-0.4, -0.2) is 17.8 Å². The van der Waals surface area contributed by atoms with Crippen molar-refractivity contribution in [1.82, 2.24) is 0 Å². The quantitative estimate of drug-likeness (QED) is 0.799. The highest BCUT2D eigenvalue weighted by Crippen LogP contribution is 2.29. The number of halogens is 2. The molecule has 0 amide bonds. The van der Waals surface area contributed by atoms with Crippen LogP contribution in [0.3, 0.4) is 0 Å². The molecule has 88 valence electrons. The van der Waals surface area contributed by atoms with E-state index in [0.29, 0.717) is 16.5 Å². The molecule has 2 atom stereocenters. The molecule has 0 aliphatic carbocycles. The van der Waals surface area contributed by atoms with Gasteiger partial charge < -0.3 is 10.8 Å². The summed E-state index contributed by atoms with van der Waals surface area (Å²) in [6, 6.07) is 5.07. The van der Waals surface area contributed by atoms with Crippen LogP contribution in [-0.2, 0) is 0 Å². The molecule has 1 rings (SSSR count). The fourth-order valence-corrected chi connectivity index (χ4v) is 1.91. The lowest BCUT2D eigenvalue weighted by Gasteiger charge is -2.21. The highest BCUT2D eigenvalue weighted by molar-refractivity contribution is 6.42. The van der Waals surface area contributed by atoms with Crippen LogP contribution in [0, 0.1) is 0 Å². The van der Waals surface area contributed by atoms with Crippen LogP contribution in [0.2, 0.25) is 10.0 Å². The van der Waals surface area contributed by atoms with Crippen LogP contribution < -0.4 is 5.73 Å². The zero-order chi connectivity index (χ0) is 12.1. The van der Waals surface area contributed by atoms with E-state index >= 15 is 0 Å². The Kier molecular flexibility index (Phi) is 5.29. The van der Waals surface area contributed by atoms with Crippen molar-refractivity contribution < 1.29 is 5.11 Å². The van der Waals surface area contributed by atoms with Crippen molar-refractivity contribution in [3.05, 3.63) is 46.5 Å². The second-order valence-corrected chi connectivity index (χ2v) is 4.47. The molecule has 0 aliphatic rings. The van der Waals surface area contributed by atoms with E-state index in [2.05, 4.69) is 6.58 Å². The normalized spacial score (nSPS) is 14.5. The van der Waals surface area contributed by atoms with Gasteiger partial charge in [0.15, 0.2) is 0 Å². The van der Waals surface area contributed by atoms with Crippen LogP contribution in [0.1, 0.15) is 17.9 Å². The minimum atomic E-state index is -0.324. The summed E-state index contributed by atoms with van der Waals surface area (Å²) >= 11 is 11.8. The van der Waals surface area contributed by atoms with Gasteiger partial charge in [0.2, 0.25) is 0 Å². The van der Waals surface area contributed by atoms with Gasteiger partial charge in [0.1, 0.15) is 0 Å². The second-order valence-electron chi connectivity index (χ2n) is 3.65. The van der Waals surface area contributed by atoms with Crippen molar-refractivity contribution in [3.63, 3.8) is 0 Å². The molecule has 1 aromatic rings. The molecular weight excluding hydrogens is 245 g/mol. The Morgan fingerprint density at radius 2 is 2.06 bits per heavy atom. The molecule has 0 fully saturated rings. The van der Waals surface area contributed by atoms with Gasteiger partial charge in [-0.25, -0.2) is 0 Å². The Morgan fingerprint density at radius 3 is 2.56 bits per heavy atom. The predicted octanol–water partition coefficient (Wildman–Crippen LogP) is 2.97. The van der Waals surface area contributed by atoms with Gasteiger partial charge in [-0.2, -0.15) is 0 Å². The maximum Gasteiger partial charge on any atom is 0.0595 e. The van der Waals surface area contributed by atoms with Crippen molar-refractivity contribution in [3.8, 4) is 0 Å². The zero-order valence-electron chi connectivity index (χ0n) is 8.87. The van der Waals surface area contributed by atoms with Gasteiger partial charge in [0, 0.05) is 12.0 Å². The van der Waals surface area contributed by atoms with E-state index in [1.54, 1.807) is 18.2 Å². The van der Waals surface area contributed by atoms with Crippen molar-refractivity contribution in [2.24, 2.45) is 5.73 Å². The largest absolute Gasteiger partial charge is 0.395 e. The van der Waals surface area contributed by atoms with Gasteiger partial charge in [-0.15, -0.1) is 6.58 Å². The van der Waals surface area contributed by atoms with E-state index in [0.717, 1.165) is 5.56 Å². The topological polar surface area (TPSA) is 46.2 Å². The predicted molar refractivity (Wildman–Crippen MR) is 69.1 cm³/mol. The van der Waals surface area contributed by atoms with Gasteiger partial charge in [-0.3, -0.25) is 0 Å². The monoisotopic (exact) mass is 259 g/mol. The van der Waals surface area contributed by atoms with Crippen molar-refractivity contribution in [2.45, 2.75) is 18.4 Å². The molecule has 0 bridgehead atoms. The van der Waals surface area contributed by atoms with Gasteiger partial charge in [-0.05, 0) is 24.1 Å². The maximum absolute atomic E-state index is 9.10. The summed E-state index contributed by atoms with van der Waals surface area (Å²) in [5, 5.41) is 10.1. The average Bonchev–Trinajstić information content (AvgIpc) is 2.29. The van der Waals surface area contributed by atoms with Crippen LogP contribution in [0.4, 0.5) is 0 Å². The molecular formula is C12H15Cl2NO. The second kappa shape index (κ2) is 6.26. The van der Waals surface area contributed by atoms with E-state index in [1.807, 2.05) is 6.07 Å². The Morgan fingerprint density at radius 1 is 1.38 bits per heavy atom. The van der Waals surface area contributed by atoms with Crippen molar-refractivity contribution in [1.29, 1.82) is 0 Å². The number of rotatable bonds is 5. The summed E-state index contributed by atoms with van der Waals surface area (Å²) < 4.78 is 0. The van der Waals surface area contributed by atoms with E-state index in [9.17, 15) is 0 Å². The van der Waals surface area contributed by atoms with Crippen LogP contribution in [0.15, 0.2) is 30.9 Å². The Balaban J connectivity index is 3.00. The summed E-state index contributed by atoms with van der Waals surface area (Å²) in [7, 11) is 0. The summed E-state index contributed by atoms with van der Waals surface area (Å²) in [6.07, 6.45) is 2.47. The van der Waals surface area contributed by atoms with Crippen LogP contribution in [0.25, 0.3) is 0 Å². The van der Waals surface area contributed by atoms with Crippen LogP contribution in [0.5, 0.6) is 0 Å². The third-order valence-corrected chi connectivity index (χ3v) is 3.26. The summed E-state index contributed by atoms with van der Waals surface area (Å²) in [5.74, 6) is 0.0114. The van der Waals surface area contributed by atoms with Gasteiger partial charge in [0.25, 0.3) is 0 Å². The number of aliphatic hydroxyl groups excluding tert-OH is 1. The lowest BCUT2D eigenvalue weighted by atomic mass is 9.89. The number of aliphatic hydroxyl groups is 1. The highest BCUT2D eigenvalue weighted by atomic mass is 35.5. The first-order valence-corrected chi connectivity index (χ1v) is 5.78. The maximum atomic E-state index is 9.10. The molecule has 0 saturated heterocycles. The molecule has 0 heterocycles. The standard InChI is InChI=1S/C12H15Cl2NO/c1-2-3-9(12(15)7-16)8-4-5-10(13)11(14)6-8/h2,4-6,9,12,16H,1,3,7,15H2. The van der Waals surface area contributed by atoms with E-state index in [1.165, 1.54) is 0 Å². The smallest absolute Gasteiger partial charge is 0.0595 e. The minimum absolute atomic E-state index is 0.0114. The molecule has 1 aromatic carbocycles. The molecule has 3 N–H and O–H groups in total. The van der Waals surface area contributed by atoms with Crippen molar-refractivity contribution >= 4 is 23.2 Å². The fraction of sp³-hybridized carbons (Fsp3) is 0.333. The number of hydrogen-bond donors (Lipinski definition) is 2. The molecule has 0 aliphatic heterocycles. The van der Waals surface area contributed by atoms with E-state index in [4.69, 9.17) is 34.0 Å². The summed E-state index contributed by atoms with van der Waals surface area (Å²) in [6.45, 7) is 3.62. The van der Waals surface area contributed by atoms with E-state index < -0.39 is 0 Å². The molecule has 2 unspecified atom stereocenters. The molecule has 16 heavy (non-hydrogen) atoms.